The van der Waals surface area contributed by atoms with Gasteiger partial charge in [0, 0.05) is 24.3 Å². The van der Waals surface area contributed by atoms with Gasteiger partial charge >= 0.3 is 0 Å². The first-order valence-electron chi connectivity index (χ1n) is 8.78. The first kappa shape index (κ1) is 13.8. The number of hydrogen-bond acceptors (Lipinski definition) is 2. The second kappa shape index (κ2) is 4.33. The summed E-state index contributed by atoms with van der Waals surface area (Å²) in [7, 11) is 0. The van der Waals surface area contributed by atoms with Crippen LogP contribution in [0.5, 0.6) is 0 Å². The molecule has 6 atom stereocenters. The van der Waals surface area contributed by atoms with Gasteiger partial charge in [-0.1, -0.05) is 13.8 Å². The Kier molecular flexibility index (Phi) is 2.84. The van der Waals surface area contributed by atoms with Crippen molar-refractivity contribution in [1.29, 1.82) is 0 Å². The largest absolute Gasteiger partial charge is 0.353 e. The van der Waals surface area contributed by atoms with E-state index in [1.165, 1.54) is 12.8 Å². The highest BCUT2D eigenvalue weighted by Gasteiger charge is 2.60. The van der Waals surface area contributed by atoms with Gasteiger partial charge in [-0.3, -0.25) is 9.59 Å². The molecule has 3 nitrogen and oxygen atoms in total. The predicted molar refractivity (Wildman–Crippen MR) is 80.6 cm³/mol. The van der Waals surface area contributed by atoms with Crippen LogP contribution in [0.3, 0.4) is 0 Å². The van der Waals surface area contributed by atoms with Crippen molar-refractivity contribution >= 4 is 11.7 Å². The summed E-state index contributed by atoms with van der Waals surface area (Å²) in [6.45, 7) is 4.65. The number of hydrogen-bond donors (Lipinski definition) is 1. The predicted octanol–water partition coefficient (Wildman–Crippen LogP) is 3.08. The quantitative estimate of drug-likeness (QED) is 0.745. The molecule has 0 radical (unpaired) electrons. The summed E-state index contributed by atoms with van der Waals surface area (Å²) < 4.78 is 0. The monoisotopic (exact) mass is 289 g/mol. The standard InChI is InChI=1S/C18H27NO2/c1-17-10-8-16(21)19-14(17)5-3-11-12-4-6-15(20)18(12,2)9-7-13(11)17/h11-14H,3-10H2,1-2H3,(H,19,21). The Morgan fingerprint density at radius 1 is 0.952 bits per heavy atom. The third-order valence-corrected chi connectivity index (χ3v) is 7.80. The van der Waals surface area contributed by atoms with Crippen molar-refractivity contribution in [3.05, 3.63) is 0 Å². The first-order chi connectivity index (χ1) is 9.95. The Labute approximate surface area is 127 Å². The van der Waals surface area contributed by atoms with Gasteiger partial charge in [0.2, 0.25) is 5.91 Å². The molecule has 1 saturated heterocycles. The Morgan fingerprint density at radius 2 is 1.76 bits per heavy atom. The van der Waals surface area contributed by atoms with Crippen LogP contribution in [0, 0.1) is 28.6 Å². The summed E-state index contributed by atoms with van der Waals surface area (Å²) in [5.74, 6) is 2.80. The fraction of sp³-hybridized carbons (Fsp3) is 0.889. The number of fused-ring (bicyclic) bond motifs is 5. The molecule has 4 fully saturated rings. The highest BCUT2D eigenvalue weighted by molar-refractivity contribution is 5.87. The van der Waals surface area contributed by atoms with Gasteiger partial charge < -0.3 is 5.32 Å². The lowest BCUT2D eigenvalue weighted by atomic mass is 9.48. The lowest BCUT2D eigenvalue weighted by molar-refractivity contribution is -0.141. The zero-order chi connectivity index (χ0) is 14.8. The van der Waals surface area contributed by atoms with Crippen molar-refractivity contribution in [3.63, 3.8) is 0 Å². The summed E-state index contributed by atoms with van der Waals surface area (Å²) in [4.78, 5) is 24.1. The minimum atomic E-state index is -0.0255. The Bertz CT molecular complexity index is 501. The highest BCUT2D eigenvalue weighted by atomic mass is 16.1. The van der Waals surface area contributed by atoms with Gasteiger partial charge in [-0.15, -0.1) is 0 Å². The van der Waals surface area contributed by atoms with E-state index in [0.717, 1.165) is 32.1 Å². The normalized spacial score (nSPS) is 52.7. The van der Waals surface area contributed by atoms with E-state index in [1.54, 1.807) is 0 Å². The smallest absolute Gasteiger partial charge is 0.220 e. The van der Waals surface area contributed by atoms with Crippen LogP contribution in [0.15, 0.2) is 0 Å². The third kappa shape index (κ3) is 1.72. The van der Waals surface area contributed by atoms with E-state index in [1.807, 2.05) is 0 Å². The van der Waals surface area contributed by atoms with Gasteiger partial charge in [0.05, 0.1) is 0 Å². The van der Waals surface area contributed by atoms with Crippen LogP contribution in [0.1, 0.15) is 65.2 Å². The molecule has 0 aromatic heterocycles. The molecule has 21 heavy (non-hydrogen) atoms. The van der Waals surface area contributed by atoms with Crippen molar-refractivity contribution in [2.75, 3.05) is 0 Å². The number of Topliss-reactive ketones (excluding diaryl/α,β-unsaturated/α-hetero) is 1. The van der Waals surface area contributed by atoms with Gasteiger partial charge in [0.15, 0.2) is 0 Å². The molecule has 6 unspecified atom stereocenters. The van der Waals surface area contributed by atoms with Crippen molar-refractivity contribution < 1.29 is 9.59 Å². The van der Waals surface area contributed by atoms with E-state index in [2.05, 4.69) is 19.2 Å². The fourth-order valence-electron chi connectivity index (χ4n) is 6.47. The molecule has 1 heterocycles. The molecular formula is C18H27NO2. The van der Waals surface area contributed by atoms with Gasteiger partial charge in [-0.25, -0.2) is 0 Å². The van der Waals surface area contributed by atoms with Crippen LogP contribution in [0.25, 0.3) is 0 Å². The van der Waals surface area contributed by atoms with Crippen LogP contribution in [0.4, 0.5) is 0 Å². The van der Waals surface area contributed by atoms with Gasteiger partial charge in [-0.2, -0.15) is 0 Å². The zero-order valence-corrected chi connectivity index (χ0v) is 13.3. The lowest BCUT2D eigenvalue weighted by Gasteiger charge is -2.59. The third-order valence-electron chi connectivity index (χ3n) is 7.80. The molecular weight excluding hydrogens is 262 g/mol. The molecule has 3 saturated carbocycles. The molecule has 116 valence electrons. The van der Waals surface area contributed by atoms with Crippen LogP contribution in [-0.4, -0.2) is 17.7 Å². The maximum absolute atomic E-state index is 12.4. The van der Waals surface area contributed by atoms with Crippen molar-refractivity contribution in [2.24, 2.45) is 28.6 Å². The van der Waals surface area contributed by atoms with Gasteiger partial charge in [0.1, 0.15) is 5.78 Å². The second-order valence-corrected chi connectivity index (χ2v) is 8.50. The Morgan fingerprint density at radius 3 is 2.57 bits per heavy atom. The van der Waals surface area contributed by atoms with E-state index in [0.29, 0.717) is 36.0 Å². The molecule has 0 bridgehead atoms. The highest BCUT2D eigenvalue weighted by Crippen LogP contribution is 2.62. The van der Waals surface area contributed by atoms with E-state index in [9.17, 15) is 9.59 Å². The molecule has 0 aromatic carbocycles. The number of amides is 1. The molecule has 4 aliphatic rings. The van der Waals surface area contributed by atoms with Crippen molar-refractivity contribution in [2.45, 2.75) is 71.3 Å². The van der Waals surface area contributed by atoms with Crippen molar-refractivity contribution in [3.8, 4) is 0 Å². The molecule has 1 amide bonds. The fourth-order valence-corrected chi connectivity index (χ4v) is 6.47. The second-order valence-electron chi connectivity index (χ2n) is 8.50. The summed E-state index contributed by atoms with van der Waals surface area (Å²) in [6.07, 6.45) is 8.24. The molecule has 3 aliphatic carbocycles. The van der Waals surface area contributed by atoms with E-state index in [-0.39, 0.29) is 16.7 Å². The summed E-state index contributed by atoms with van der Waals surface area (Å²) in [5, 5.41) is 3.26. The summed E-state index contributed by atoms with van der Waals surface area (Å²) in [6, 6.07) is 0.376. The topological polar surface area (TPSA) is 46.2 Å². The Balaban J connectivity index is 1.65. The average Bonchev–Trinajstić information content (AvgIpc) is 2.76. The van der Waals surface area contributed by atoms with E-state index >= 15 is 0 Å². The molecule has 4 rings (SSSR count). The van der Waals surface area contributed by atoms with Gasteiger partial charge in [0.25, 0.3) is 0 Å². The number of nitrogens with one attached hydrogen (secondary N) is 1. The number of carbonyl (C=O) groups is 2. The SMILES string of the molecule is CC12CCC3C(CCC4NC(=O)CCC43C)C1CCC2=O. The average molecular weight is 289 g/mol. The van der Waals surface area contributed by atoms with Crippen LogP contribution in [0.2, 0.25) is 0 Å². The molecule has 1 aliphatic heterocycles. The summed E-state index contributed by atoms with van der Waals surface area (Å²) >= 11 is 0. The minimum Gasteiger partial charge on any atom is -0.353 e. The molecule has 3 heteroatoms. The molecule has 1 N–H and O–H groups in total. The maximum atomic E-state index is 12.4. The minimum absolute atomic E-state index is 0.0255. The number of carbonyl (C=O) groups excluding carboxylic acids is 2. The molecule has 0 spiro atoms. The van der Waals surface area contributed by atoms with Gasteiger partial charge in [-0.05, 0) is 61.7 Å². The van der Waals surface area contributed by atoms with Crippen LogP contribution >= 0.6 is 0 Å². The summed E-state index contributed by atoms with van der Waals surface area (Å²) in [5.41, 5.74) is 0.242. The number of rotatable bonds is 0. The first-order valence-corrected chi connectivity index (χ1v) is 8.78. The Hall–Kier alpha value is -0.860. The van der Waals surface area contributed by atoms with E-state index < -0.39 is 0 Å². The number of ketones is 1. The lowest BCUT2D eigenvalue weighted by Crippen LogP contribution is -2.61. The van der Waals surface area contributed by atoms with Crippen LogP contribution in [-0.2, 0) is 9.59 Å². The van der Waals surface area contributed by atoms with Crippen molar-refractivity contribution in [1.82, 2.24) is 5.32 Å². The zero-order valence-electron chi connectivity index (χ0n) is 13.3. The number of piperidine rings is 1. The van der Waals surface area contributed by atoms with Crippen LogP contribution < -0.4 is 5.32 Å². The van der Waals surface area contributed by atoms with E-state index in [4.69, 9.17) is 0 Å². The molecule has 0 aromatic rings. The maximum Gasteiger partial charge on any atom is 0.220 e.